The molecule has 1 aromatic rings. The van der Waals surface area contributed by atoms with Crippen LogP contribution in [0.3, 0.4) is 0 Å². The first-order chi connectivity index (χ1) is 7.30. The average molecular weight is 207 g/mol. The quantitative estimate of drug-likeness (QED) is 0.766. The van der Waals surface area contributed by atoms with Gasteiger partial charge in [0.05, 0.1) is 24.5 Å². The lowest BCUT2D eigenvalue weighted by molar-refractivity contribution is -0.146. The van der Waals surface area contributed by atoms with Gasteiger partial charge in [0.15, 0.2) is 0 Å². The standard InChI is InChI=1S/C12H17NO2/c1-9-7-10(8-14-9)11-12(3-2-4-12)15-6-5-13-11/h7-8,11,13H,2-6H2,1H3. The van der Waals surface area contributed by atoms with E-state index in [0.29, 0.717) is 6.04 Å². The van der Waals surface area contributed by atoms with Crippen molar-refractivity contribution in [3.05, 3.63) is 23.7 Å². The largest absolute Gasteiger partial charge is 0.469 e. The van der Waals surface area contributed by atoms with Crippen LogP contribution in [0.4, 0.5) is 0 Å². The van der Waals surface area contributed by atoms with E-state index in [-0.39, 0.29) is 5.60 Å². The summed E-state index contributed by atoms with van der Waals surface area (Å²) in [5, 5.41) is 3.56. The van der Waals surface area contributed by atoms with Gasteiger partial charge < -0.3 is 14.5 Å². The molecule has 1 atom stereocenters. The lowest BCUT2D eigenvalue weighted by atomic mass is 9.72. The zero-order valence-corrected chi connectivity index (χ0v) is 9.08. The topological polar surface area (TPSA) is 34.4 Å². The van der Waals surface area contributed by atoms with Gasteiger partial charge in [-0.05, 0) is 32.3 Å². The number of morpholine rings is 1. The minimum absolute atomic E-state index is 0.0641. The minimum atomic E-state index is 0.0641. The molecule has 0 amide bonds. The highest BCUT2D eigenvalue weighted by molar-refractivity contribution is 5.22. The van der Waals surface area contributed by atoms with Crippen LogP contribution in [-0.2, 0) is 4.74 Å². The molecule has 3 nitrogen and oxygen atoms in total. The molecule has 1 spiro atoms. The normalized spacial score (nSPS) is 29.0. The second-order valence-corrected chi connectivity index (χ2v) is 4.64. The minimum Gasteiger partial charge on any atom is -0.469 e. The fourth-order valence-corrected chi connectivity index (χ4v) is 2.72. The fraction of sp³-hybridized carbons (Fsp3) is 0.667. The molecule has 1 N–H and O–H groups in total. The van der Waals surface area contributed by atoms with Crippen LogP contribution in [0.5, 0.6) is 0 Å². The van der Waals surface area contributed by atoms with Crippen molar-refractivity contribution in [2.75, 3.05) is 13.2 Å². The Hall–Kier alpha value is -0.800. The van der Waals surface area contributed by atoms with E-state index in [2.05, 4.69) is 11.4 Å². The zero-order chi connectivity index (χ0) is 10.3. The molecule has 15 heavy (non-hydrogen) atoms. The summed E-state index contributed by atoms with van der Waals surface area (Å²) in [6, 6.07) is 2.45. The molecule has 1 aliphatic carbocycles. The Morgan fingerprint density at radius 2 is 2.33 bits per heavy atom. The van der Waals surface area contributed by atoms with Gasteiger partial charge >= 0.3 is 0 Å². The molecule has 2 aliphatic rings. The van der Waals surface area contributed by atoms with E-state index >= 15 is 0 Å². The van der Waals surface area contributed by atoms with Crippen molar-refractivity contribution in [3.8, 4) is 0 Å². The monoisotopic (exact) mass is 207 g/mol. The van der Waals surface area contributed by atoms with Crippen LogP contribution < -0.4 is 5.32 Å². The highest BCUT2D eigenvalue weighted by Gasteiger charge is 2.47. The molecule has 1 saturated heterocycles. The lowest BCUT2D eigenvalue weighted by Gasteiger charge is -2.50. The molecule has 0 aromatic carbocycles. The van der Waals surface area contributed by atoms with Crippen LogP contribution >= 0.6 is 0 Å². The van der Waals surface area contributed by atoms with E-state index in [1.807, 2.05) is 13.2 Å². The molecule has 3 rings (SSSR count). The molecular weight excluding hydrogens is 190 g/mol. The van der Waals surface area contributed by atoms with Crippen molar-refractivity contribution < 1.29 is 9.15 Å². The van der Waals surface area contributed by atoms with Crippen LogP contribution in [-0.4, -0.2) is 18.8 Å². The van der Waals surface area contributed by atoms with Crippen LogP contribution in [0, 0.1) is 6.92 Å². The summed E-state index contributed by atoms with van der Waals surface area (Å²) in [6.07, 6.45) is 5.50. The second-order valence-electron chi connectivity index (χ2n) is 4.64. The molecule has 3 heteroatoms. The van der Waals surface area contributed by atoms with Gasteiger partial charge in [-0.2, -0.15) is 0 Å². The van der Waals surface area contributed by atoms with Gasteiger partial charge in [-0.25, -0.2) is 0 Å². The SMILES string of the molecule is Cc1cc(C2NCCOC23CCC3)co1. The van der Waals surface area contributed by atoms with Crippen molar-refractivity contribution in [1.29, 1.82) is 0 Å². The molecule has 1 saturated carbocycles. The Morgan fingerprint density at radius 3 is 2.93 bits per heavy atom. The Bertz CT molecular complexity index is 354. The van der Waals surface area contributed by atoms with Crippen molar-refractivity contribution in [2.45, 2.75) is 37.8 Å². The highest BCUT2D eigenvalue weighted by Crippen LogP contribution is 2.46. The Balaban J connectivity index is 1.89. The fourth-order valence-electron chi connectivity index (χ4n) is 2.72. The van der Waals surface area contributed by atoms with Gasteiger partial charge in [-0.1, -0.05) is 0 Å². The molecular formula is C12H17NO2. The van der Waals surface area contributed by atoms with E-state index < -0.39 is 0 Å². The third-order valence-electron chi connectivity index (χ3n) is 3.65. The molecule has 0 radical (unpaired) electrons. The second kappa shape index (κ2) is 3.35. The maximum absolute atomic E-state index is 5.97. The van der Waals surface area contributed by atoms with Gasteiger partial charge in [0.2, 0.25) is 0 Å². The Morgan fingerprint density at radius 1 is 1.47 bits per heavy atom. The van der Waals surface area contributed by atoms with Gasteiger partial charge in [0.25, 0.3) is 0 Å². The van der Waals surface area contributed by atoms with Crippen molar-refractivity contribution in [1.82, 2.24) is 5.32 Å². The van der Waals surface area contributed by atoms with E-state index in [0.717, 1.165) is 18.9 Å². The summed E-state index contributed by atoms with van der Waals surface area (Å²) >= 11 is 0. The van der Waals surface area contributed by atoms with Crippen molar-refractivity contribution >= 4 is 0 Å². The summed E-state index contributed by atoms with van der Waals surface area (Å²) in [6.45, 7) is 3.77. The van der Waals surface area contributed by atoms with E-state index in [9.17, 15) is 0 Å². The predicted octanol–water partition coefficient (Wildman–Crippen LogP) is 2.17. The van der Waals surface area contributed by atoms with Crippen LogP contribution in [0.1, 0.15) is 36.6 Å². The first-order valence-electron chi connectivity index (χ1n) is 5.73. The molecule has 1 aliphatic heterocycles. The number of rotatable bonds is 1. The molecule has 0 bridgehead atoms. The number of nitrogens with one attached hydrogen (secondary N) is 1. The smallest absolute Gasteiger partial charge is 0.101 e. The summed E-state index contributed by atoms with van der Waals surface area (Å²) in [5.74, 6) is 0.979. The van der Waals surface area contributed by atoms with E-state index in [1.54, 1.807) is 0 Å². The lowest BCUT2D eigenvalue weighted by Crippen LogP contribution is -2.56. The number of ether oxygens (including phenoxy) is 1. The third-order valence-corrected chi connectivity index (χ3v) is 3.65. The number of hydrogen-bond donors (Lipinski definition) is 1. The van der Waals surface area contributed by atoms with E-state index in [4.69, 9.17) is 9.15 Å². The van der Waals surface area contributed by atoms with Crippen molar-refractivity contribution in [3.63, 3.8) is 0 Å². The summed E-state index contributed by atoms with van der Waals surface area (Å²) < 4.78 is 11.4. The summed E-state index contributed by atoms with van der Waals surface area (Å²) in [5.41, 5.74) is 1.31. The number of furan rings is 1. The van der Waals surface area contributed by atoms with Crippen molar-refractivity contribution in [2.24, 2.45) is 0 Å². The van der Waals surface area contributed by atoms with Crippen LogP contribution in [0.15, 0.2) is 16.7 Å². The number of hydrogen-bond acceptors (Lipinski definition) is 3. The highest BCUT2D eigenvalue weighted by atomic mass is 16.5. The summed E-state index contributed by atoms with van der Waals surface area (Å²) in [4.78, 5) is 0. The average Bonchev–Trinajstić information content (AvgIpc) is 2.62. The molecule has 2 heterocycles. The number of aryl methyl sites for hydroxylation is 1. The Labute approximate surface area is 89.8 Å². The third kappa shape index (κ3) is 1.42. The predicted molar refractivity (Wildman–Crippen MR) is 56.7 cm³/mol. The maximum atomic E-state index is 5.97. The molecule has 1 unspecified atom stereocenters. The first-order valence-corrected chi connectivity index (χ1v) is 5.73. The Kier molecular flexibility index (Phi) is 2.11. The van der Waals surface area contributed by atoms with Gasteiger partial charge in [-0.15, -0.1) is 0 Å². The zero-order valence-electron chi connectivity index (χ0n) is 9.08. The van der Waals surface area contributed by atoms with E-state index in [1.165, 1.54) is 24.8 Å². The van der Waals surface area contributed by atoms with Gasteiger partial charge in [-0.3, -0.25) is 0 Å². The molecule has 82 valence electrons. The maximum Gasteiger partial charge on any atom is 0.101 e. The van der Waals surface area contributed by atoms with Gasteiger partial charge in [0.1, 0.15) is 5.76 Å². The molecule has 2 fully saturated rings. The van der Waals surface area contributed by atoms with Crippen LogP contribution in [0.2, 0.25) is 0 Å². The van der Waals surface area contributed by atoms with Gasteiger partial charge in [0, 0.05) is 12.1 Å². The van der Waals surface area contributed by atoms with Crippen LogP contribution in [0.25, 0.3) is 0 Å². The molecule has 1 aromatic heterocycles. The summed E-state index contributed by atoms with van der Waals surface area (Å²) in [7, 11) is 0. The first kappa shape index (κ1) is 9.43.